The standard InChI is InChI=1S/C26H35O5P/c1-17(15-26(4,5)6)16-32(29,24(27)22-18(2)11-9-12-19(22)3)25(28)23-20(30-7)13-10-14-21(23)31-8/h9-14,17H,15-16H2,1-8H3. The van der Waals surface area contributed by atoms with Crippen LogP contribution in [0.2, 0.25) is 0 Å². The molecule has 0 heterocycles. The fraction of sp³-hybridized carbons (Fsp3) is 0.462. The quantitative estimate of drug-likeness (QED) is 0.389. The lowest BCUT2D eigenvalue weighted by Gasteiger charge is -2.27. The molecule has 0 amide bonds. The summed E-state index contributed by atoms with van der Waals surface area (Å²) in [5.41, 5.74) is 0.505. The van der Waals surface area contributed by atoms with Gasteiger partial charge in [-0.15, -0.1) is 0 Å². The van der Waals surface area contributed by atoms with Gasteiger partial charge in [0.1, 0.15) is 17.1 Å². The van der Waals surface area contributed by atoms with Gasteiger partial charge in [-0.1, -0.05) is 52.0 Å². The summed E-state index contributed by atoms with van der Waals surface area (Å²) in [4.78, 5) is 27.8. The van der Waals surface area contributed by atoms with Crippen molar-refractivity contribution >= 4 is 18.2 Å². The molecule has 0 aliphatic carbocycles. The molecule has 0 aromatic heterocycles. The number of hydrogen-bond donors (Lipinski definition) is 0. The van der Waals surface area contributed by atoms with E-state index in [0.29, 0.717) is 16.7 Å². The zero-order valence-electron chi connectivity index (χ0n) is 20.4. The topological polar surface area (TPSA) is 69.7 Å². The smallest absolute Gasteiger partial charge is 0.236 e. The molecule has 0 fully saturated rings. The van der Waals surface area contributed by atoms with Gasteiger partial charge in [0.25, 0.3) is 0 Å². The molecule has 2 aromatic rings. The van der Waals surface area contributed by atoms with Crippen molar-refractivity contribution in [3.8, 4) is 11.5 Å². The van der Waals surface area contributed by atoms with Crippen molar-refractivity contribution in [1.82, 2.24) is 0 Å². The maximum absolute atomic E-state index is 14.5. The van der Waals surface area contributed by atoms with E-state index in [4.69, 9.17) is 9.47 Å². The van der Waals surface area contributed by atoms with Crippen LogP contribution in [0.25, 0.3) is 0 Å². The molecule has 0 saturated heterocycles. The lowest BCUT2D eigenvalue weighted by molar-refractivity contribution is 0.103. The van der Waals surface area contributed by atoms with E-state index < -0.39 is 18.2 Å². The van der Waals surface area contributed by atoms with E-state index in [-0.39, 0.29) is 34.6 Å². The summed E-state index contributed by atoms with van der Waals surface area (Å²) in [6.07, 6.45) is 0.726. The Hall–Kier alpha value is -2.39. The van der Waals surface area contributed by atoms with Gasteiger partial charge in [-0.2, -0.15) is 0 Å². The molecule has 0 N–H and O–H groups in total. The molecule has 0 radical (unpaired) electrons. The Morgan fingerprint density at radius 2 is 1.31 bits per heavy atom. The normalized spacial score (nSPS) is 14.4. The third-order valence-corrected chi connectivity index (χ3v) is 8.42. The summed E-state index contributed by atoms with van der Waals surface area (Å²) in [5.74, 6) is 0.387. The Kier molecular flexibility index (Phi) is 8.12. The first-order valence-corrected chi connectivity index (χ1v) is 12.7. The number of aryl methyl sites for hydroxylation is 2. The summed E-state index contributed by atoms with van der Waals surface area (Å²) in [7, 11) is -1.19. The fourth-order valence-corrected chi connectivity index (χ4v) is 7.20. The van der Waals surface area contributed by atoms with Gasteiger partial charge in [0.15, 0.2) is 0 Å². The monoisotopic (exact) mass is 458 g/mol. The number of methoxy groups -OCH3 is 2. The number of carbonyl (C=O) groups excluding carboxylic acids is 2. The molecule has 0 bridgehead atoms. The first kappa shape index (κ1) is 25.9. The van der Waals surface area contributed by atoms with Crippen molar-refractivity contribution < 1.29 is 23.6 Å². The van der Waals surface area contributed by atoms with Crippen LogP contribution in [0, 0.1) is 25.2 Å². The second-order valence-electron chi connectivity index (χ2n) is 9.71. The van der Waals surface area contributed by atoms with Gasteiger partial charge >= 0.3 is 0 Å². The molecule has 0 aliphatic heterocycles. The SMILES string of the molecule is COc1cccc(OC)c1C(=O)P(=O)(CC(C)CC(C)(C)C)C(=O)c1c(C)cccc1C. The highest BCUT2D eigenvalue weighted by atomic mass is 31.2. The first-order valence-electron chi connectivity index (χ1n) is 10.8. The molecule has 174 valence electrons. The van der Waals surface area contributed by atoms with E-state index in [9.17, 15) is 14.2 Å². The number of benzene rings is 2. The van der Waals surface area contributed by atoms with E-state index in [1.165, 1.54) is 14.2 Å². The summed E-state index contributed by atoms with van der Waals surface area (Å²) >= 11 is 0. The van der Waals surface area contributed by atoms with Gasteiger partial charge in [-0.3, -0.25) is 9.59 Å². The Morgan fingerprint density at radius 3 is 1.75 bits per heavy atom. The Bertz CT molecular complexity index is 1010. The molecule has 0 aliphatic rings. The predicted octanol–water partition coefficient (Wildman–Crippen LogP) is 6.74. The number of hydrogen-bond acceptors (Lipinski definition) is 5. The Morgan fingerprint density at radius 1 is 0.875 bits per heavy atom. The lowest BCUT2D eigenvalue weighted by atomic mass is 9.86. The molecule has 0 spiro atoms. The number of ether oxygens (including phenoxy) is 2. The molecule has 6 heteroatoms. The van der Waals surface area contributed by atoms with Crippen LogP contribution in [0.5, 0.6) is 11.5 Å². The minimum absolute atomic E-state index is 0.00306. The van der Waals surface area contributed by atoms with Gasteiger partial charge < -0.3 is 14.0 Å². The van der Waals surface area contributed by atoms with Gasteiger partial charge in [0, 0.05) is 11.7 Å². The number of rotatable bonds is 9. The van der Waals surface area contributed by atoms with Crippen molar-refractivity contribution in [3.05, 3.63) is 58.7 Å². The minimum Gasteiger partial charge on any atom is -0.496 e. The highest BCUT2D eigenvalue weighted by molar-refractivity contribution is 7.95. The maximum Gasteiger partial charge on any atom is 0.236 e. The molecule has 2 unspecified atom stereocenters. The summed E-state index contributed by atoms with van der Waals surface area (Å²) in [5, 5.41) is 0. The van der Waals surface area contributed by atoms with Crippen molar-refractivity contribution in [2.75, 3.05) is 20.4 Å². The Labute approximate surface area is 191 Å². The van der Waals surface area contributed by atoms with Crippen molar-refractivity contribution in [1.29, 1.82) is 0 Å². The van der Waals surface area contributed by atoms with Crippen LogP contribution in [0.4, 0.5) is 0 Å². The third kappa shape index (κ3) is 5.50. The molecular formula is C26H35O5P. The molecule has 32 heavy (non-hydrogen) atoms. The Balaban J connectivity index is 2.71. The summed E-state index contributed by atoms with van der Waals surface area (Å²) in [6, 6.07) is 10.4. The predicted molar refractivity (Wildman–Crippen MR) is 130 cm³/mol. The van der Waals surface area contributed by atoms with Gasteiger partial charge in [0.2, 0.25) is 18.2 Å². The van der Waals surface area contributed by atoms with Gasteiger partial charge in [-0.05, 0) is 54.9 Å². The van der Waals surface area contributed by atoms with E-state index in [2.05, 4.69) is 20.8 Å². The zero-order valence-corrected chi connectivity index (χ0v) is 21.3. The summed E-state index contributed by atoms with van der Waals surface area (Å²) in [6.45, 7) is 11.8. The zero-order chi connectivity index (χ0) is 24.3. The molecular weight excluding hydrogens is 423 g/mol. The van der Waals surface area contributed by atoms with Crippen LogP contribution in [-0.4, -0.2) is 31.4 Å². The van der Waals surface area contributed by atoms with Crippen molar-refractivity contribution in [2.24, 2.45) is 11.3 Å². The summed E-state index contributed by atoms with van der Waals surface area (Å²) < 4.78 is 25.3. The van der Waals surface area contributed by atoms with Crippen LogP contribution >= 0.6 is 7.14 Å². The maximum atomic E-state index is 14.5. The molecule has 2 atom stereocenters. The average Bonchev–Trinajstić information content (AvgIpc) is 2.70. The highest BCUT2D eigenvalue weighted by Gasteiger charge is 2.45. The van der Waals surface area contributed by atoms with Crippen molar-refractivity contribution in [3.63, 3.8) is 0 Å². The van der Waals surface area contributed by atoms with E-state index in [1.54, 1.807) is 44.2 Å². The van der Waals surface area contributed by atoms with Crippen LogP contribution < -0.4 is 9.47 Å². The molecule has 2 rings (SSSR count). The van der Waals surface area contributed by atoms with E-state index in [0.717, 1.165) is 6.42 Å². The third-order valence-electron chi connectivity index (χ3n) is 5.52. The largest absolute Gasteiger partial charge is 0.496 e. The fourth-order valence-electron chi connectivity index (χ4n) is 4.38. The van der Waals surface area contributed by atoms with Crippen LogP contribution in [0.3, 0.4) is 0 Å². The average molecular weight is 459 g/mol. The van der Waals surface area contributed by atoms with Crippen LogP contribution in [0.15, 0.2) is 36.4 Å². The second kappa shape index (κ2) is 10.0. The van der Waals surface area contributed by atoms with Gasteiger partial charge in [-0.25, -0.2) is 0 Å². The minimum atomic E-state index is -4.06. The van der Waals surface area contributed by atoms with Crippen LogP contribution in [0.1, 0.15) is 66.0 Å². The highest BCUT2D eigenvalue weighted by Crippen LogP contribution is 2.57. The van der Waals surface area contributed by atoms with E-state index >= 15 is 0 Å². The van der Waals surface area contributed by atoms with Crippen LogP contribution in [-0.2, 0) is 4.57 Å². The number of carbonyl (C=O) groups is 2. The van der Waals surface area contributed by atoms with Gasteiger partial charge in [0.05, 0.1) is 14.2 Å². The molecule has 0 saturated carbocycles. The van der Waals surface area contributed by atoms with E-state index in [1.807, 2.05) is 13.0 Å². The molecule has 5 nitrogen and oxygen atoms in total. The molecule has 2 aromatic carbocycles. The second-order valence-corrected chi connectivity index (χ2v) is 12.4. The van der Waals surface area contributed by atoms with Crippen molar-refractivity contribution in [2.45, 2.75) is 48.0 Å². The first-order chi connectivity index (χ1) is 14.9. The lowest BCUT2D eigenvalue weighted by Crippen LogP contribution is -2.22.